The lowest BCUT2D eigenvalue weighted by Gasteiger charge is -2.13. The summed E-state index contributed by atoms with van der Waals surface area (Å²) in [5.41, 5.74) is 1.09. The second-order valence-corrected chi connectivity index (χ2v) is 4.38. The van der Waals surface area contributed by atoms with Gasteiger partial charge in [-0.2, -0.15) is 0 Å². The van der Waals surface area contributed by atoms with Gasteiger partial charge in [-0.25, -0.2) is 15.0 Å². The van der Waals surface area contributed by atoms with Crippen molar-refractivity contribution in [2.75, 3.05) is 0 Å². The van der Waals surface area contributed by atoms with Crippen molar-refractivity contribution < 1.29 is 0 Å². The summed E-state index contributed by atoms with van der Waals surface area (Å²) in [6.07, 6.45) is 8.07. The number of thiazole rings is 1. The summed E-state index contributed by atoms with van der Waals surface area (Å²) in [5.74, 6) is 0. The van der Waals surface area contributed by atoms with E-state index in [1.165, 1.54) is 0 Å². The zero-order chi connectivity index (χ0) is 11.2. The lowest BCUT2D eigenvalue weighted by molar-refractivity contribution is 0.515. The van der Waals surface area contributed by atoms with Crippen LogP contribution in [0.25, 0.3) is 0 Å². The van der Waals surface area contributed by atoms with Crippen molar-refractivity contribution in [2.24, 2.45) is 0 Å². The highest BCUT2D eigenvalue weighted by Gasteiger charge is 2.10. The molecule has 0 radical (unpaired) electrons. The van der Waals surface area contributed by atoms with Gasteiger partial charge in [-0.05, 0) is 6.42 Å². The van der Waals surface area contributed by atoms with Crippen LogP contribution < -0.4 is 5.32 Å². The summed E-state index contributed by atoms with van der Waals surface area (Å²) in [7, 11) is 0. The van der Waals surface area contributed by atoms with Gasteiger partial charge in [0.15, 0.2) is 0 Å². The minimum absolute atomic E-state index is 0.320. The first-order valence-corrected chi connectivity index (χ1v) is 6.14. The molecule has 0 aliphatic carbocycles. The standard InChI is InChI=1S/C11H14N4S/c1-2-10(11-14-3-4-16-11)15-7-9-5-12-8-13-6-9/h3-6,8,10,15H,2,7H2,1H3. The third-order valence-corrected chi connectivity index (χ3v) is 3.21. The topological polar surface area (TPSA) is 50.7 Å². The van der Waals surface area contributed by atoms with Gasteiger partial charge in [0.1, 0.15) is 11.3 Å². The molecule has 0 bridgehead atoms. The molecule has 0 saturated heterocycles. The van der Waals surface area contributed by atoms with Gasteiger partial charge in [0.05, 0.1) is 6.04 Å². The molecule has 84 valence electrons. The first-order chi connectivity index (χ1) is 7.90. The molecule has 16 heavy (non-hydrogen) atoms. The number of hydrogen-bond acceptors (Lipinski definition) is 5. The van der Waals surface area contributed by atoms with Crippen LogP contribution in [0.5, 0.6) is 0 Å². The Kier molecular flexibility index (Phi) is 3.96. The van der Waals surface area contributed by atoms with E-state index in [-0.39, 0.29) is 0 Å². The molecule has 0 aliphatic rings. The van der Waals surface area contributed by atoms with Gasteiger partial charge in [0.25, 0.3) is 0 Å². The first-order valence-electron chi connectivity index (χ1n) is 5.26. The number of nitrogens with zero attached hydrogens (tertiary/aromatic N) is 3. The fraction of sp³-hybridized carbons (Fsp3) is 0.364. The largest absolute Gasteiger partial charge is 0.304 e. The molecule has 5 heteroatoms. The molecule has 0 fully saturated rings. The van der Waals surface area contributed by atoms with Crippen molar-refractivity contribution in [1.82, 2.24) is 20.3 Å². The molecule has 2 rings (SSSR count). The Labute approximate surface area is 98.8 Å². The van der Waals surface area contributed by atoms with E-state index >= 15 is 0 Å². The van der Waals surface area contributed by atoms with Crippen molar-refractivity contribution in [2.45, 2.75) is 25.9 Å². The normalized spacial score (nSPS) is 12.6. The van der Waals surface area contributed by atoms with E-state index in [4.69, 9.17) is 0 Å². The minimum Gasteiger partial charge on any atom is -0.304 e. The summed E-state index contributed by atoms with van der Waals surface area (Å²) in [4.78, 5) is 12.3. The molecule has 0 spiro atoms. The smallest absolute Gasteiger partial charge is 0.115 e. The fourth-order valence-corrected chi connectivity index (χ4v) is 2.27. The van der Waals surface area contributed by atoms with E-state index in [2.05, 4.69) is 27.2 Å². The second kappa shape index (κ2) is 5.67. The average molecular weight is 234 g/mol. The van der Waals surface area contributed by atoms with Crippen LogP contribution in [0.3, 0.4) is 0 Å². The lowest BCUT2D eigenvalue weighted by atomic mass is 10.2. The fourth-order valence-electron chi connectivity index (χ4n) is 1.48. The molecule has 0 saturated carbocycles. The Morgan fingerprint density at radius 1 is 1.38 bits per heavy atom. The van der Waals surface area contributed by atoms with Crippen molar-refractivity contribution >= 4 is 11.3 Å². The van der Waals surface area contributed by atoms with Crippen LogP contribution >= 0.6 is 11.3 Å². The molecule has 0 aliphatic heterocycles. The van der Waals surface area contributed by atoms with Gasteiger partial charge < -0.3 is 5.32 Å². The Balaban J connectivity index is 1.94. The summed E-state index contributed by atoms with van der Waals surface area (Å²) < 4.78 is 0. The number of rotatable bonds is 5. The first kappa shape index (κ1) is 11.2. The highest BCUT2D eigenvalue weighted by atomic mass is 32.1. The number of hydrogen-bond donors (Lipinski definition) is 1. The molecule has 0 amide bonds. The van der Waals surface area contributed by atoms with Crippen LogP contribution in [0.2, 0.25) is 0 Å². The molecule has 2 aromatic rings. The predicted octanol–water partition coefficient (Wildman–Crippen LogP) is 2.17. The highest BCUT2D eigenvalue weighted by Crippen LogP contribution is 2.18. The Bertz CT molecular complexity index is 401. The van der Waals surface area contributed by atoms with Crippen molar-refractivity contribution in [3.63, 3.8) is 0 Å². The SMILES string of the molecule is CCC(NCc1cncnc1)c1nccs1. The maximum absolute atomic E-state index is 4.32. The van der Waals surface area contributed by atoms with Crippen LogP contribution in [0.1, 0.15) is 30.0 Å². The third-order valence-electron chi connectivity index (χ3n) is 2.32. The molecule has 0 aromatic carbocycles. The monoisotopic (exact) mass is 234 g/mol. The van der Waals surface area contributed by atoms with Crippen LogP contribution in [0, 0.1) is 0 Å². The molecule has 1 unspecified atom stereocenters. The molecule has 1 atom stereocenters. The van der Waals surface area contributed by atoms with Gasteiger partial charge in [-0.15, -0.1) is 11.3 Å². The summed E-state index contributed by atoms with van der Waals surface area (Å²) in [5, 5.41) is 6.60. The van der Waals surface area contributed by atoms with Gasteiger partial charge in [0.2, 0.25) is 0 Å². The van der Waals surface area contributed by atoms with E-state index in [1.807, 2.05) is 24.0 Å². The van der Waals surface area contributed by atoms with Gasteiger partial charge in [0, 0.05) is 36.1 Å². The summed E-state index contributed by atoms with van der Waals surface area (Å²) >= 11 is 1.69. The van der Waals surface area contributed by atoms with Crippen molar-refractivity contribution in [1.29, 1.82) is 0 Å². The molecule has 4 nitrogen and oxygen atoms in total. The maximum atomic E-state index is 4.32. The highest BCUT2D eigenvalue weighted by molar-refractivity contribution is 7.09. The van der Waals surface area contributed by atoms with E-state index in [0.29, 0.717) is 6.04 Å². The molecular weight excluding hydrogens is 220 g/mol. The van der Waals surface area contributed by atoms with Crippen LogP contribution in [0.4, 0.5) is 0 Å². The van der Waals surface area contributed by atoms with E-state index in [0.717, 1.165) is 23.5 Å². The average Bonchev–Trinajstić information content (AvgIpc) is 2.85. The van der Waals surface area contributed by atoms with Crippen molar-refractivity contribution in [3.05, 3.63) is 40.9 Å². The molecule has 2 heterocycles. The number of aromatic nitrogens is 3. The van der Waals surface area contributed by atoms with Crippen molar-refractivity contribution in [3.8, 4) is 0 Å². The lowest BCUT2D eigenvalue weighted by Crippen LogP contribution is -2.20. The molecular formula is C11H14N4S. The maximum Gasteiger partial charge on any atom is 0.115 e. The van der Waals surface area contributed by atoms with Gasteiger partial charge in [-0.3, -0.25) is 0 Å². The molecule has 1 N–H and O–H groups in total. The van der Waals surface area contributed by atoms with Gasteiger partial charge >= 0.3 is 0 Å². The summed E-state index contributed by atoms with van der Waals surface area (Å²) in [6, 6.07) is 0.320. The van der Waals surface area contributed by atoms with E-state index in [1.54, 1.807) is 17.7 Å². The predicted molar refractivity (Wildman–Crippen MR) is 64.0 cm³/mol. The van der Waals surface area contributed by atoms with E-state index in [9.17, 15) is 0 Å². The zero-order valence-corrected chi connectivity index (χ0v) is 9.94. The Hall–Kier alpha value is -1.33. The van der Waals surface area contributed by atoms with Crippen LogP contribution in [-0.2, 0) is 6.54 Å². The van der Waals surface area contributed by atoms with E-state index < -0.39 is 0 Å². The quantitative estimate of drug-likeness (QED) is 0.861. The number of nitrogens with one attached hydrogen (secondary N) is 1. The zero-order valence-electron chi connectivity index (χ0n) is 9.13. The minimum atomic E-state index is 0.320. The Morgan fingerprint density at radius 3 is 2.81 bits per heavy atom. The van der Waals surface area contributed by atoms with Crippen LogP contribution in [-0.4, -0.2) is 15.0 Å². The third kappa shape index (κ3) is 2.84. The Morgan fingerprint density at radius 2 is 2.19 bits per heavy atom. The molecule has 2 aromatic heterocycles. The van der Waals surface area contributed by atoms with Crippen LogP contribution in [0.15, 0.2) is 30.3 Å². The summed E-state index contributed by atoms with van der Waals surface area (Å²) in [6.45, 7) is 2.93. The second-order valence-electron chi connectivity index (χ2n) is 3.46. The van der Waals surface area contributed by atoms with Gasteiger partial charge in [-0.1, -0.05) is 6.92 Å².